The molecular weight excluding hydrogens is 591 g/mol. The SMILES string of the molecule is CC(C)(C)OC(=O)Nc1cc(C(F)(F)F)c2nc1-c1nnc(o1)C(O)(C(F)(F)F)c1cc(ccc1F)CCCCC2C#N. The molecule has 0 saturated heterocycles. The molecule has 2 unspecified atom stereocenters. The monoisotopic (exact) mass is 615 g/mol. The molecule has 0 spiro atoms. The van der Waals surface area contributed by atoms with Crippen LogP contribution in [0.15, 0.2) is 28.7 Å². The molecule has 230 valence electrons. The maximum Gasteiger partial charge on any atom is 0.430 e. The number of aryl methyl sites for hydroxylation is 1. The summed E-state index contributed by atoms with van der Waals surface area (Å²) in [6.45, 7) is 4.41. The average molecular weight is 616 g/mol. The Bertz CT molecular complexity index is 1570. The van der Waals surface area contributed by atoms with Crippen LogP contribution in [0.3, 0.4) is 0 Å². The molecule has 4 rings (SSSR count). The highest BCUT2D eigenvalue weighted by Gasteiger charge is 2.61. The van der Waals surface area contributed by atoms with Crippen LogP contribution in [0.25, 0.3) is 11.6 Å². The predicted molar refractivity (Wildman–Crippen MR) is 134 cm³/mol. The van der Waals surface area contributed by atoms with E-state index in [2.05, 4.69) is 20.5 Å². The molecule has 9 nitrogen and oxygen atoms in total. The van der Waals surface area contributed by atoms with Crippen molar-refractivity contribution in [1.29, 1.82) is 5.26 Å². The van der Waals surface area contributed by atoms with E-state index in [0.717, 1.165) is 12.1 Å². The molecule has 1 aliphatic rings. The van der Waals surface area contributed by atoms with Gasteiger partial charge in [0.2, 0.25) is 0 Å². The zero-order chi connectivity index (χ0) is 32.0. The van der Waals surface area contributed by atoms with Gasteiger partial charge in [0.15, 0.2) is 5.69 Å². The van der Waals surface area contributed by atoms with Crippen LogP contribution in [0.2, 0.25) is 0 Å². The summed E-state index contributed by atoms with van der Waals surface area (Å²) < 4.78 is 111. The Balaban J connectivity index is 2.02. The van der Waals surface area contributed by atoms with Crippen molar-refractivity contribution >= 4 is 11.8 Å². The smallest absolute Gasteiger partial charge is 0.430 e. The number of aromatic nitrogens is 3. The van der Waals surface area contributed by atoms with Crippen LogP contribution < -0.4 is 5.32 Å². The molecule has 2 atom stereocenters. The summed E-state index contributed by atoms with van der Waals surface area (Å²) in [6, 6.07) is 4.89. The minimum Gasteiger partial charge on any atom is -0.444 e. The maximum atomic E-state index is 14.8. The van der Waals surface area contributed by atoms with Gasteiger partial charge in [-0.1, -0.05) is 12.5 Å². The van der Waals surface area contributed by atoms with Gasteiger partial charge in [0, 0.05) is 5.56 Å². The van der Waals surface area contributed by atoms with Crippen LogP contribution in [0.1, 0.15) is 74.2 Å². The van der Waals surface area contributed by atoms with Gasteiger partial charge in [0.25, 0.3) is 17.4 Å². The van der Waals surface area contributed by atoms with Crippen LogP contribution in [0.4, 0.5) is 41.2 Å². The summed E-state index contributed by atoms with van der Waals surface area (Å²) in [6.07, 6.45) is -11.7. The van der Waals surface area contributed by atoms with Crippen molar-refractivity contribution in [2.45, 2.75) is 75.9 Å². The van der Waals surface area contributed by atoms with E-state index in [1.54, 1.807) is 6.07 Å². The molecule has 43 heavy (non-hydrogen) atoms. The predicted octanol–water partition coefficient (Wildman–Crippen LogP) is 6.77. The van der Waals surface area contributed by atoms with E-state index in [0.29, 0.717) is 6.07 Å². The van der Waals surface area contributed by atoms with Crippen molar-refractivity contribution in [2.24, 2.45) is 0 Å². The fraction of sp³-hybridized carbons (Fsp3) is 0.444. The Hall–Kier alpha value is -4.26. The van der Waals surface area contributed by atoms with E-state index < -0.39 is 81.4 Å². The van der Waals surface area contributed by atoms with Crippen molar-refractivity contribution < 1.29 is 49.8 Å². The first-order chi connectivity index (χ1) is 19.8. The molecule has 1 aliphatic heterocycles. The Labute approximate surface area is 239 Å². The Morgan fingerprint density at radius 2 is 1.84 bits per heavy atom. The molecule has 3 aromatic rings. The lowest BCUT2D eigenvalue weighted by atomic mass is 9.89. The summed E-state index contributed by atoms with van der Waals surface area (Å²) in [5.74, 6) is -5.43. The number of pyridine rings is 1. The van der Waals surface area contributed by atoms with E-state index in [4.69, 9.17) is 9.15 Å². The molecule has 16 heteroatoms. The molecule has 2 aromatic heterocycles. The van der Waals surface area contributed by atoms with E-state index in [1.807, 2.05) is 0 Å². The topological polar surface area (TPSA) is 134 Å². The Morgan fingerprint density at radius 3 is 2.44 bits per heavy atom. The molecule has 0 aliphatic carbocycles. The highest BCUT2D eigenvalue weighted by atomic mass is 19.4. The second kappa shape index (κ2) is 11.1. The van der Waals surface area contributed by atoms with E-state index in [9.17, 15) is 45.9 Å². The van der Waals surface area contributed by atoms with E-state index in [1.165, 1.54) is 26.8 Å². The number of hydrogen-bond donors (Lipinski definition) is 2. The molecule has 1 aromatic carbocycles. The molecular formula is C27H24F7N5O4. The van der Waals surface area contributed by atoms with Gasteiger partial charge in [-0.3, -0.25) is 5.32 Å². The number of benzene rings is 1. The number of alkyl halides is 6. The first-order valence-electron chi connectivity index (χ1n) is 12.8. The zero-order valence-electron chi connectivity index (χ0n) is 22.8. The first kappa shape index (κ1) is 31.7. The fourth-order valence-electron chi connectivity index (χ4n) is 4.49. The second-order valence-electron chi connectivity index (χ2n) is 10.8. The molecule has 2 N–H and O–H groups in total. The standard InChI is InChI=1S/C27H24F7N5O4/c1-24(2,3)43-23(40)36-18-11-16(26(29,30)31)19-14(12-35)7-5-4-6-13-8-9-17(28)15(10-13)25(41,27(32,33)34)22-39-38-21(42-22)20(18)37-19/h8-11,14,41H,4-7H2,1-3H3,(H,36,40). The third kappa shape index (κ3) is 6.41. The summed E-state index contributed by atoms with van der Waals surface area (Å²) in [5.41, 5.74) is -10.1. The van der Waals surface area contributed by atoms with Crippen molar-refractivity contribution in [1.82, 2.24) is 15.2 Å². The molecule has 3 heterocycles. The maximum absolute atomic E-state index is 14.8. The average Bonchev–Trinajstić information content (AvgIpc) is 3.37. The van der Waals surface area contributed by atoms with Gasteiger partial charge in [-0.05, 0) is 63.8 Å². The minimum atomic E-state index is -5.62. The molecule has 0 fully saturated rings. The first-order valence-corrected chi connectivity index (χ1v) is 12.8. The van der Waals surface area contributed by atoms with E-state index >= 15 is 0 Å². The summed E-state index contributed by atoms with van der Waals surface area (Å²) in [7, 11) is 0. The number of nitrogens with zero attached hydrogens (tertiary/aromatic N) is 4. The number of rotatable bonds is 1. The highest BCUT2D eigenvalue weighted by molar-refractivity contribution is 5.89. The second-order valence-corrected chi connectivity index (χ2v) is 10.8. The van der Waals surface area contributed by atoms with Gasteiger partial charge < -0.3 is 14.3 Å². The Morgan fingerprint density at radius 1 is 1.14 bits per heavy atom. The van der Waals surface area contributed by atoms with Gasteiger partial charge >= 0.3 is 18.4 Å². The summed E-state index contributed by atoms with van der Waals surface area (Å²) in [4.78, 5) is 16.4. The highest BCUT2D eigenvalue weighted by Crippen LogP contribution is 2.46. The number of nitrogens with one attached hydrogen (secondary N) is 1. The Kier molecular flexibility index (Phi) is 8.18. The van der Waals surface area contributed by atoms with Crippen LogP contribution in [0.5, 0.6) is 0 Å². The molecule has 0 radical (unpaired) electrons. The van der Waals surface area contributed by atoms with Crippen molar-refractivity contribution in [3.05, 3.63) is 58.4 Å². The van der Waals surface area contributed by atoms with Gasteiger partial charge in [0.1, 0.15) is 11.4 Å². The minimum absolute atomic E-state index is 0.0397. The summed E-state index contributed by atoms with van der Waals surface area (Å²) >= 11 is 0. The lowest BCUT2D eigenvalue weighted by molar-refractivity contribution is -0.256. The van der Waals surface area contributed by atoms with Crippen LogP contribution in [-0.4, -0.2) is 38.2 Å². The number of halogens is 7. The lowest BCUT2D eigenvalue weighted by Gasteiger charge is -2.28. The van der Waals surface area contributed by atoms with Crippen molar-refractivity contribution in [3.63, 3.8) is 0 Å². The van der Waals surface area contributed by atoms with Crippen LogP contribution >= 0.6 is 0 Å². The van der Waals surface area contributed by atoms with Crippen molar-refractivity contribution in [2.75, 3.05) is 5.32 Å². The largest absolute Gasteiger partial charge is 0.444 e. The quantitative estimate of drug-likeness (QED) is 0.287. The number of nitriles is 1. The van der Waals surface area contributed by atoms with Gasteiger partial charge in [-0.2, -0.15) is 31.6 Å². The number of anilines is 1. The number of fused-ring (bicyclic) bond motifs is 7. The number of aliphatic hydroxyl groups is 1. The van der Waals surface area contributed by atoms with Gasteiger partial charge in [0.05, 0.1) is 28.9 Å². The fourth-order valence-corrected chi connectivity index (χ4v) is 4.49. The van der Waals surface area contributed by atoms with Gasteiger partial charge in [-0.15, -0.1) is 10.2 Å². The molecule has 6 bridgehead atoms. The lowest BCUT2D eigenvalue weighted by Crippen LogP contribution is -2.44. The summed E-state index contributed by atoms with van der Waals surface area (Å²) in [5, 5.41) is 29.5. The normalized spacial score (nSPS) is 19.5. The van der Waals surface area contributed by atoms with Crippen LogP contribution in [0, 0.1) is 17.1 Å². The van der Waals surface area contributed by atoms with Gasteiger partial charge in [-0.25, -0.2) is 14.2 Å². The number of ether oxygens (including phenoxy) is 1. The number of carbonyl (C=O) groups excluding carboxylic acids is 1. The number of amides is 1. The van der Waals surface area contributed by atoms with E-state index in [-0.39, 0.29) is 31.2 Å². The van der Waals surface area contributed by atoms with Crippen LogP contribution in [-0.2, 0) is 22.9 Å². The zero-order valence-corrected chi connectivity index (χ0v) is 22.8. The molecule has 0 saturated carbocycles. The number of hydrogen-bond acceptors (Lipinski definition) is 8. The third-order valence-corrected chi connectivity index (χ3v) is 6.46. The third-order valence-electron chi connectivity index (χ3n) is 6.46. The molecule has 1 amide bonds. The van der Waals surface area contributed by atoms with Crippen molar-refractivity contribution in [3.8, 4) is 17.7 Å². The number of carbonyl (C=O) groups is 1.